The molecule has 0 aliphatic carbocycles. The van der Waals surface area contributed by atoms with Crippen molar-refractivity contribution >= 4 is 34.9 Å². The molecule has 2 aromatic rings. The van der Waals surface area contributed by atoms with E-state index < -0.39 is 0 Å². The van der Waals surface area contributed by atoms with Crippen molar-refractivity contribution in [2.45, 2.75) is 39.2 Å². The first-order valence-electron chi connectivity index (χ1n) is 10.7. The number of carbonyl (C=O) groups excluding carboxylic acids is 2. The molecule has 0 unspecified atom stereocenters. The minimum Gasteiger partial charge on any atom is -0.497 e. The molecule has 0 radical (unpaired) electrons. The van der Waals surface area contributed by atoms with Crippen molar-refractivity contribution in [1.29, 1.82) is 0 Å². The summed E-state index contributed by atoms with van der Waals surface area (Å²) in [6.07, 6.45) is 2.18. The number of hydrogen-bond donors (Lipinski definition) is 1. The molecule has 1 heterocycles. The maximum Gasteiger partial charge on any atom is 0.326 e. The lowest BCUT2D eigenvalue weighted by molar-refractivity contribution is -0.133. The fraction of sp³-hybridized carbons (Fsp3) is 0.417. The van der Waals surface area contributed by atoms with Gasteiger partial charge in [-0.1, -0.05) is 37.6 Å². The van der Waals surface area contributed by atoms with Crippen LogP contribution in [-0.4, -0.2) is 43.1 Å². The Balaban J connectivity index is 1.86. The van der Waals surface area contributed by atoms with E-state index >= 15 is 0 Å². The highest BCUT2D eigenvalue weighted by Crippen LogP contribution is 2.28. The Bertz CT molecular complexity index is 901. The minimum atomic E-state index is -0.276. The number of ether oxygens (including phenoxy) is 1. The van der Waals surface area contributed by atoms with Crippen LogP contribution in [0.25, 0.3) is 0 Å². The number of piperidine rings is 1. The molecule has 3 amide bonds. The molecule has 0 bridgehead atoms. The average Bonchev–Trinajstić information content (AvgIpc) is 2.76. The van der Waals surface area contributed by atoms with Crippen LogP contribution in [0.3, 0.4) is 0 Å². The third kappa shape index (κ3) is 5.91. The summed E-state index contributed by atoms with van der Waals surface area (Å²) in [6, 6.07) is 14.1. The van der Waals surface area contributed by atoms with E-state index in [4.69, 9.17) is 16.3 Å². The molecule has 0 saturated carbocycles. The summed E-state index contributed by atoms with van der Waals surface area (Å²) in [4.78, 5) is 29.7. The van der Waals surface area contributed by atoms with Crippen molar-refractivity contribution in [2.24, 2.45) is 5.92 Å². The molecule has 1 aliphatic rings. The van der Waals surface area contributed by atoms with E-state index in [1.807, 2.05) is 55.1 Å². The number of anilines is 2. The summed E-state index contributed by atoms with van der Waals surface area (Å²) in [5.41, 5.74) is 1.30. The molecule has 6 nitrogen and oxygen atoms in total. The predicted molar refractivity (Wildman–Crippen MR) is 125 cm³/mol. The second-order valence-electron chi connectivity index (χ2n) is 8.21. The SMILES string of the molecule is COc1ccc(N(C(=O)Nc2ccccc2Cl)[C@H]2CCCN(C(=O)CC(C)C)C2)cc1. The number of likely N-dealkylation sites (tertiary alicyclic amines) is 1. The highest BCUT2D eigenvalue weighted by molar-refractivity contribution is 6.33. The lowest BCUT2D eigenvalue weighted by Gasteiger charge is -2.39. The van der Waals surface area contributed by atoms with E-state index in [1.165, 1.54) is 0 Å². The number of rotatable bonds is 6. The van der Waals surface area contributed by atoms with Crippen molar-refractivity contribution in [2.75, 3.05) is 30.4 Å². The zero-order chi connectivity index (χ0) is 22.4. The Kier molecular flexibility index (Phi) is 7.80. The summed E-state index contributed by atoms with van der Waals surface area (Å²) in [7, 11) is 1.61. The highest BCUT2D eigenvalue weighted by Gasteiger charge is 2.32. The molecule has 1 atom stereocenters. The molecule has 1 saturated heterocycles. The quantitative estimate of drug-likeness (QED) is 0.648. The van der Waals surface area contributed by atoms with E-state index in [-0.39, 0.29) is 18.0 Å². The van der Waals surface area contributed by atoms with Gasteiger partial charge in [-0.3, -0.25) is 9.69 Å². The fourth-order valence-electron chi connectivity index (χ4n) is 3.85. The zero-order valence-electron chi connectivity index (χ0n) is 18.3. The fourth-order valence-corrected chi connectivity index (χ4v) is 4.03. The van der Waals surface area contributed by atoms with Crippen molar-refractivity contribution < 1.29 is 14.3 Å². The number of carbonyl (C=O) groups is 2. The Morgan fingerprint density at radius 3 is 2.55 bits per heavy atom. The van der Waals surface area contributed by atoms with Crippen LogP contribution in [0.1, 0.15) is 33.1 Å². The number of benzene rings is 2. The number of nitrogens with one attached hydrogen (secondary N) is 1. The topological polar surface area (TPSA) is 61.9 Å². The number of methoxy groups -OCH3 is 1. The van der Waals surface area contributed by atoms with Gasteiger partial charge in [-0.15, -0.1) is 0 Å². The van der Waals surface area contributed by atoms with E-state index in [2.05, 4.69) is 5.32 Å². The van der Waals surface area contributed by atoms with Crippen LogP contribution >= 0.6 is 11.6 Å². The van der Waals surface area contributed by atoms with Crippen molar-refractivity contribution in [3.63, 3.8) is 0 Å². The molecule has 1 N–H and O–H groups in total. The van der Waals surface area contributed by atoms with Gasteiger partial charge < -0.3 is 15.0 Å². The van der Waals surface area contributed by atoms with E-state index in [9.17, 15) is 9.59 Å². The van der Waals surface area contributed by atoms with Crippen molar-refractivity contribution in [3.8, 4) is 5.75 Å². The molecule has 0 aromatic heterocycles. The molecule has 3 rings (SSSR count). The first-order valence-corrected chi connectivity index (χ1v) is 11.0. The van der Waals surface area contributed by atoms with Crippen LogP contribution in [-0.2, 0) is 4.79 Å². The van der Waals surface area contributed by atoms with Gasteiger partial charge in [-0.2, -0.15) is 0 Å². The molecule has 166 valence electrons. The number of urea groups is 1. The largest absolute Gasteiger partial charge is 0.497 e. The Labute approximate surface area is 189 Å². The number of halogens is 1. The minimum absolute atomic E-state index is 0.138. The second-order valence-corrected chi connectivity index (χ2v) is 8.62. The van der Waals surface area contributed by atoms with Gasteiger partial charge in [0.25, 0.3) is 0 Å². The molecule has 1 fully saturated rings. The maximum atomic E-state index is 13.4. The number of hydrogen-bond acceptors (Lipinski definition) is 3. The molecule has 0 spiro atoms. The summed E-state index contributed by atoms with van der Waals surface area (Å²) in [6.45, 7) is 5.32. The molecular weight excluding hydrogens is 414 g/mol. The van der Waals surface area contributed by atoms with Crippen LogP contribution in [0.15, 0.2) is 48.5 Å². The summed E-state index contributed by atoms with van der Waals surface area (Å²) in [5, 5.41) is 3.41. The zero-order valence-corrected chi connectivity index (χ0v) is 19.1. The molecule has 2 aromatic carbocycles. The summed E-state index contributed by atoms with van der Waals surface area (Å²) in [5.74, 6) is 1.16. The van der Waals surface area contributed by atoms with Gasteiger partial charge in [-0.05, 0) is 55.2 Å². The Morgan fingerprint density at radius 1 is 1.19 bits per heavy atom. The van der Waals surface area contributed by atoms with Crippen LogP contribution in [0.4, 0.5) is 16.2 Å². The van der Waals surface area contributed by atoms with Crippen molar-refractivity contribution in [3.05, 3.63) is 53.6 Å². The third-order valence-corrected chi connectivity index (χ3v) is 5.71. The number of nitrogens with zero attached hydrogens (tertiary/aromatic N) is 2. The van der Waals surface area contributed by atoms with E-state index in [0.29, 0.717) is 35.3 Å². The van der Waals surface area contributed by atoms with Crippen LogP contribution in [0.2, 0.25) is 5.02 Å². The molecule has 1 aliphatic heterocycles. The summed E-state index contributed by atoms with van der Waals surface area (Å²) >= 11 is 6.25. The maximum absolute atomic E-state index is 13.4. The lowest BCUT2D eigenvalue weighted by atomic mass is 10.0. The highest BCUT2D eigenvalue weighted by atomic mass is 35.5. The average molecular weight is 444 g/mol. The third-order valence-electron chi connectivity index (χ3n) is 5.38. The van der Waals surface area contributed by atoms with Crippen LogP contribution < -0.4 is 15.0 Å². The molecular formula is C24H30ClN3O3. The standard InChI is InChI=1S/C24H30ClN3O3/c1-17(2)15-23(29)27-14-6-7-19(16-27)28(18-10-12-20(31-3)13-11-18)24(30)26-22-9-5-4-8-21(22)25/h4-5,8-13,17,19H,6-7,14-16H2,1-3H3,(H,26,30)/t19-/m0/s1. The smallest absolute Gasteiger partial charge is 0.326 e. The predicted octanol–water partition coefficient (Wildman–Crippen LogP) is 5.42. The first kappa shape index (κ1) is 22.9. The monoisotopic (exact) mass is 443 g/mol. The second kappa shape index (κ2) is 10.5. The molecule has 7 heteroatoms. The number of amides is 3. The van der Waals surface area contributed by atoms with Gasteiger partial charge in [-0.25, -0.2) is 4.79 Å². The van der Waals surface area contributed by atoms with Gasteiger partial charge >= 0.3 is 6.03 Å². The number of para-hydroxylation sites is 1. The normalized spacial score (nSPS) is 16.2. The van der Waals surface area contributed by atoms with Crippen LogP contribution in [0.5, 0.6) is 5.75 Å². The van der Waals surface area contributed by atoms with Gasteiger partial charge in [0.15, 0.2) is 0 Å². The van der Waals surface area contributed by atoms with Gasteiger partial charge in [0, 0.05) is 25.2 Å². The van der Waals surface area contributed by atoms with Gasteiger partial charge in [0.1, 0.15) is 5.75 Å². The van der Waals surface area contributed by atoms with Crippen molar-refractivity contribution in [1.82, 2.24) is 4.90 Å². The van der Waals surface area contributed by atoms with Gasteiger partial charge in [0.05, 0.1) is 23.9 Å². The molecule has 31 heavy (non-hydrogen) atoms. The first-order chi connectivity index (χ1) is 14.9. The van der Waals surface area contributed by atoms with Crippen LogP contribution in [0, 0.1) is 5.92 Å². The Hall–Kier alpha value is -2.73. The van der Waals surface area contributed by atoms with E-state index in [0.717, 1.165) is 25.1 Å². The Morgan fingerprint density at radius 2 is 1.90 bits per heavy atom. The lowest BCUT2D eigenvalue weighted by Crippen LogP contribution is -2.53. The summed E-state index contributed by atoms with van der Waals surface area (Å²) < 4.78 is 5.26. The van der Waals surface area contributed by atoms with Gasteiger partial charge in [0.2, 0.25) is 5.91 Å². The van der Waals surface area contributed by atoms with E-state index in [1.54, 1.807) is 24.1 Å².